The second-order valence-electron chi connectivity index (χ2n) is 9.02. The van der Waals surface area contributed by atoms with Crippen LogP contribution >= 0.6 is 22.7 Å². The molecule has 2 heterocycles. The molecular weight excluding hydrogens is 535 g/mol. The van der Waals surface area contributed by atoms with Crippen molar-refractivity contribution in [3.8, 4) is 9.75 Å². The lowest BCUT2D eigenvalue weighted by Gasteiger charge is -2.33. The van der Waals surface area contributed by atoms with E-state index in [9.17, 15) is 39.5 Å². The van der Waals surface area contributed by atoms with E-state index < -0.39 is 36.8 Å². The van der Waals surface area contributed by atoms with Gasteiger partial charge in [-0.2, -0.15) is 39.5 Å². The lowest BCUT2D eigenvalue weighted by Crippen LogP contribution is -2.60. The summed E-state index contributed by atoms with van der Waals surface area (Å²) in [5, 5.41) is 4.01. The van der Waals surface area contributed by atoms with Crippen molar-refractivity contribution in [1.29, 1.82) is 0 Å². The summed E-state index contributed by atoms with van der Waals surface area (Å²) < 4.78 is 117. The molecule has 0 saturated carbocycles. The minimum atomic E-state index is -6.82. The average molecular weight is 567 g/mol. The molecule has 0 unspecified atom stereocenters. The van der Waals surface area contributed by atoms with Gasteiger partial charge in [-0.1, -0.05) is 45.4 Å². The Bertz CT molecular complexity index is 913. The van der Waals surface area contributed by atoms with Crippen LogP contribution in [0.5, 0.6) is 0 Å². The monoisotopic (exact) mass is 566 g/mol. The van der Waals surface area contributed by atoms with Crippen molar-refractivity contribution < 1.29 is 39.5 Å². The van der Waals surface area contributed by atoms with E-state index in [1.165, 1.54) is 49.0 Å². The Kier molecular flexibility index (Phi) is 11.2. The Morgan fingerprint density at radius 3 is 1.97 bits per heavy atom. The molecule has 0 fully saturated rings. The van der Waals surface area contributed by atoms with Crippen molar-refractivity contribution in [3.05, 3.63) is 34.0 Å². The van der Waals surface area contributed by atoms with Crippen LogP contribution in [0.1, 0.15) is 82.3 Å². The molecule has 0 saturated heterocycles. The van der Waals surface area contributed by atoms with Crippen molar-refractivity contribution in [2.24, 2.45) is 0 Å². The first-order valence-electron chi connectivity index (χ1n) is 12.1. The first-order chi connectivity index (χ1) is 16.7. The predicted molar refractivity (Wildman–Crippen MR) is 128 cm³/mol. The summed E-state index contributed by atoms with van der Waals surface area (Å²) in [7, 11) is 0. The largest absolute Gasteiger partial charge is 0.460 e. The molecule has 0 atom stereocenters. The van der Waals surface area contributed by atoms with E-state index >= 15 is 0 Å². The molecule has 0 bridgehead atoms. The highest BCUT2D eigenvalue weighted by Crippen LogP contribution is 2.54. The predicted octanol–water partition coefficient (Wildman–Crippen LogP) is 11.0. The minimum Gasteiger partial charge on any atom is -0.200 e. The molecule has 0 amide bonds. The van der Waals surface area contributed by atoms with Crippen LogP contribution in [0.25, 0.3) is 9.75 Å². The van der Waals surface area contributed by atoms with Gasteiger partial charge in [-0.15, -0.1) is 22.7 Å². The summed E-state index contributed by atoms with van der Waals surface area (Å²) in [6.07, 6.45) is -0.101. The fraction of sp³-hybridized carbons (Fsp3) is 0.680. The van der Waals surface area contributed by atoms with E-state index in [2.05, 4.69) is 18.4 Å². The molecular formula is C25H31F9S2. The highest BCUT2D eigenvalue weighted by molar-refractivity contribution is 7.20. The lowest BCUT2D eigenvalue weighted by molar-refractivity contribution is -0.396. The maximum Gasteiger partial charge on any atom is 0.460 e. The number of hydrogen-bond acceptors (Lipinski definition) is 2. The molecule has 0 aliphatic heterocycles. The number of unbranched alkanes of at least 4 members (excludes halogenated alkanes) is 7. The van der Waals surface area contributed by atoms with Crippen molar-refractivity contribution >= 4 is 22.7 Å². The third-order valence-electron chi connectivity index (χ3n) is 6.09. The molecule has 36 heavy (non-hydrogen) atoms. The fourth-order valence-corrected chi connectivity index (χ4v) is 5.96. The Morgan fingerprint density at radius 1 is 0.694 bits per heavy atom. The first kappa shape index (κ1) is 31.0. The second-order valence-corrected chi connectivity index (χ2v) is 10.9. The standard InChI is InChI=1S/C25H31F9S2/c1-2-3-4-5-6-8-11-18-16-20(36-17-18)21-19(13-15-35-21)12-9-7-10-14-22(26,27)23(28,29)24(30,31)25(32,33)34/h13,15-17H,2-12,14H2,1H3. The molecule has 2 aromatic rings. The van der Waals surface area contributed by atoms with E-state index in [1.54, 1.807) is 11.3 Å². The Labute approximate surface area is 213 Å². The Hall–Kier alpha value is -1.23. The van der Waals surface area contributed by atoms with Crippen LogP contribution in [0.15, 0.2) is 22.9 Å². The van der Waals surface area contributed by atoms with Crippen LogP contribution in [0.4, 0.5) is 39.5 Å². The van der Waals surface area contributed by atoms with Crippen LogP contribution in [-0.2, 0) is 12.8 Å². The van der Waals surface area contributed by atoms with E-state index in [0.29, 0.717) is 12.8 Å². The van der Waals surface area contributed by atoms with Gasteiger partial charge in [0.2, 0.25) is 0 Å². The van der Waals surface area contributed by atoms with Crippen molar-refractivity contribution in [2.45, 2.75) is 108 Å². The van der Waals surface area contributed by atoms with Crippen molar-refractivity contribution in [2.75, 3.05) is 0 Å². The molecule has 0 aliphatic rings. The zero-order chi connectivity index (χ0) is 27.0. The Balaban J connectivity index is 1.83. The summed E-state index contributed by atoms with van der Waals surface area (Å²) in [4.78, 5) is 2.12. The summed E-state index contributed by atoms with van der Waals surface area (Å²) >= 11 is 3.14. The maximum atomic E-state index is 13.7. The lowest BCUT2D eigenvalue weighted by atomic mass is 9.97. The van der Waals surface area contributed by atoms with Crippen LogP contribution in [-0.4, -0.2) is 23.9 Å². The number of halogens is 9. The molecule has 0 radical (unpaired) electrons. The summed E-state index contributed by atoms with van der Waals surface area (Å²) in [6.45, 7) is 2.18. The molecule has 206 valence electrons. The molecule has 0 aliphatic carbocycles. The maximum absolute atomic E-state index is 13.7. The summed E-state index contributed by atoms with van der Waals surface area (Å²) in [6, 6.07) is 4.02. The molecule has 0 spiro atoms. The molecule has 0 nitrogen and oxygen atoms in total. The zero-order valence-electron chi connectivity index (χ0n) is 20.0. The van der Waals surface area contributed by atoms with Crippen LogP contribution in [0, 0.1) is 0 Å². The number of thiophene rings is 2. The second kappa shape index (κ2) is 13.0. The van der Waals surface area contributed by atoms with Gasteiger partial charge in [0.25, 0.3) is 0 Å². The normalized spacial score (nSPS) is 13.5. The van der Waals surface area contributed by atoms with Crippen LogP contribution in [0.2, 0.25) is 0 Å². The number of hydrogen-bond donors (Lipinski definition) is 0. The smallest absolute Gasteiger partial charge is 0.200 e. The third-order valence-corrected chi connectivity index (χ3v) is 8.21. The van der Waals surface area contributed by atoms with E-state index in [1.807, 2.05) is 11.4 Å². The Morgan fingerprint density at radius 2 is 1.31 bits per heavy atom. The average Bonchev–Trinajstić information content (AvgIpc) is 3.44. The van der Waals surface area contributed by atoms with Gasteiger partial charge in [-0.25, -0.2) is 0 Å². The van der Waals surface area contributed by atoms with Gasteiger partial charge in [-0.3, -0.25) is 0 Å². The SMILES string of the molecule is CCCCCCCCc1csc(-c2sccc2CCCCCC(F)(F)C(F)(F)C(F)(F)C(F)(F)F)c1. The highest BCUT2D eigenvalue weighted by atomic mass is 32.1. The quantitative estimate of drug-likeness (QED) is 0.140. The number of alkyl halides is 9. The fourth-order valence-electron chi connectivity index (χ4n) is 3.89. The molecule has 0 aromatic carbocycles. The third kappa shape index (κ3) is 7.65. The number of rotatable bonds is 16. The van der Waals surface area contributed by atoms with Gasteiger partial charge in [0.15, 0.2) is 0 Å². The van der Waals surface area contributed by atoms with Gasteiger partial charge in [0.1, 0.15) is 0 Å². The number of aryl methyl sites for hydroxylation is 2. The molecule has 2 rings (SSSR count). The van der Waals surface area contributed by atoms with Crippen molar-refractivity contribution in [1.82, 2.24) is 0 Å². The topological polar surface area (TPSA) is 0 Å². The summed E-state index contributed by atoms with van der Waals surface area (Å²) in [5.41, 5.74) is 2.22. The molecule has 11 heteroatoms. The van der Waals surface area contributed by atoms with E-state index in [-0.39, 0.29) is 6.42 Å². The van der Waals surface area contributed by atoms with Gasteiger partial charge in [-0.05, 0) is 66.1 Å². The van der Waals surface area contributed by atoms with Gasteiger partial charge >= 0.3 is 23.9 Å². The first-order valence-corrected chi connectivity index (χ1v) is 13.8. The molecule has 2 aromatic heterocycles. The van der Waals surface area contributed by atoms with E-state index in [4.69, 9.17) is 0 Å². The zero-order valence-corrected chi connectivity index (χ0v) is 21.6. The summed E-state index contributed by atoms with van der Waals surface area (Å²) in [5.74, 6) is -18.8. The van der Waals surface area contributed by atoms with Gasteiger partial charge in [0, 0.05) is 16.2 Å². The molecule has 0 N–H and O–H groups in total. The highest BCUT2D eigenvalue weighted by Gasteiger charge is 2.81. The van der Waals surface area contributed by atoms with E-state index in [0.717, 1.165) is 28.2 Å². The van der Waals surface area contributed by atoms with Crippen molar-refractivity contribution in [3.63, 3.8) is 0 Å². The van der Waals surface area contributed by atoms with Crippen LogP contribution in [0.3, 0.4) is 0 Å². The van der Waals surface area contributed by atoms with Gasteiger partial charge < -0.3 is 0 Å². The van der Waals surface area contributed by atoms with Crippen LogP contribution < -0.4 is 0 Å². The van der Waals surface area contributed by atoms with Gasteiger partial charge in [0.05, 0.1) is 0 Å². The minimum absolute atomic E-state index is 0.00767.